The Labute approximate surface area is 209 Å². The Morgan fingerprint density at radius 2 is 1.81 bits per heavy atom. The zero-order valence-electron chi connectivity index (χ0n) is 20.3. The number of nitrogens with one attached hydrogen (secondary N) is 1. The summed E-state index contributed by atoms with van der Waals surface area (Å²) in [5.74, 6) is 0.805. The average molecular weight is 484 g/mol. The largest absolute Gasteiger partial charge is 0.465 e. The maximum Gasteiger partial charge on any atom is 0.297 e. The Morgan fingerprint density at radius 1 is 1.06 bits per heavy atom. The third kappa shape index (κ3) is 4.46. The summed E-state index contributed by atoms with van der Waals surface area (Å²) in [4.78, 5) is 10.1. The van der Waals surface area contributed by atoms with Crippen molar-refractivity contribution in [2.75, 3.05) is 6.61 Å². The molecule has 1 aliphatic rings. The van der Waals surface area contributed by atoms with Gasteiger partial charge >= 0.3 is 0 Å². The van der Waals surface area contributed by atoms with Crippen molar-refractivity contribution in [1.29, 1.82) is 0 Å². The molecule has 0 aliphatic carbocycles. The van der Waals surface area contributed by atoms with Gasteiger partial charge in [-0.05, 0) is 35.8 Å². The van der Waals surface area contributed by atoms with Crippen molar-refractivity contribution in [2.45, 2.75) is 26.7 Å². The number of hydroxylamine groups is 1. The molecule has 1 aromatic heterocycles. The molecular weight excluding hydrogens is 454 g/mol. The molecule has 0 saturated carbocycles. The molecule has 36 heavy (non-hydrogen) atoms. The maximum atomic E-state index is 9.93. The van der Waals surface area contributed by atoms with Crippen LogP contribution < -0.4 is 10.2 Å². The molecular formula is C29H29N3O4. The third-order valence-corrected chi connectivity index (χ3v) is 6.35. The van der Waals surface area contributed by atoms with Gasteiger partial charge in [0.1, 0.15) is 5.76 Å². The van der Waals surface area contributed by atoms with E-state index in [-0.39, 0.29) is 5.92 Å². The van der Waals surface area contributed by atoms with Gasteiger partial charge < -0.3 is 19.8 Å². The van der Waals surface area contributed by atoms with Crippen LogP contribution in [-0.4, -0.2) is 26.4 Å². The number of imidazole rings is 1. The number of aliphatic hydroxyl groups excluding tert-OH is 1. The zero-order valence-corrected chi connectivity index (χ0v) is 20.3. The first kappa shape index (κ1) is 23.7. The quantitative estimate of drug-likeness (QED) is 0.315. The van der Waals surface area contributed by atoms with E-state index in [2.05, 4.69) is 66.4 Å². The van der Waals surface area contributed by atoms with Crippen molar-refractivity contribution >= 4 is 16.7 Å². The molecule has 0 radical (unpaired) electrons. The van der Waals surface area contributed by atoms with Crippen LogP contribution in [0.4, 0.5) is 0 Å². The number of benzene rings is 3. The van der Waals surface area contributed by atoms with Crippen LogP contribution in [0.3, 0.4) is 0 Å². The molecule has 4 aromatic rings. The smallest absolute Gasteiger partial charge is 0.297 e. The van der Waals surface area contributed by atoms with E-state index in [1.165, 1.54) is 0 Å². The minimum Gasteiger partial charge on any atom is -0.465 e. The summed E-state index contributed by atoms with van der Waals surface area (Å²) < 4.78 is 7.67. The van der Waals surface area contributed by atoms with Crippen LogP contribution in [0.1, 0.15) is 36.8 Å². The summed E-state index contributed by atoms with van der Waals surface area (Å²) in [7, 11) is 0. The van der Waals surface area contributed by atoms with Crippen LogP contribution in [0.15, 0.2) is 85.1 Å². The normalized spacial score (nSPS) is 15.5. The van der Waals surface area contributed by atoms with Gasteiger partial charge in [-0.1, -0.05) is 74.2 Å². The second kappa shape index (κ2) is 9.89. The maximum absolute atomic E-state index is 9.93. The summed E-state index contributed by atoms with van der Waals surface area (Å²) in [6.45, 7) is 8.80. The highest BCUT2D eigenvalue weighted by atomic mass is 16.6. The first-order valence-corrected chi connectivity index (χ1v) is 12.0. The molecule has 1 unspecified atom stereocenters. The molecule has 0 bridgehead atoms. The number of fused-ring (bicyclic) bond motifs is 1. The summed E-state index contributed by atoms with van der Waals surface area (Å²) in [5, 5.41) is 19.9. The number of ether oxygens (including phenoxy) is 1. The summed E-state index contributed by atoms with van der Waals surface area (Å²) in [5.41, 5.74) is 9.85. The van der Waals surface area contributed by atoms with Gasteiger partial charge in [0.05, 0.1) is 29.9 Å². The van der Waals surface area contributed by atoms with Crippen molar-refractivity contribution in [3.8, 4) is 17.1 Å². The number of nitrogens with zero attached hydrogens (tertiary/aromatic N) is 2. The molecule has 1 atom stereocenters. The van der Waals surface area contributed by atoms with Gasteiger partial charge in [0, 0.05) is 17.0 Å². The fourth-order valence-electron chi connectivity index (χ4n) is 4.46. The van der Waals surface area contributed by atoms with E-state index in [4.69, 9.17) is 9.57 Å². The second-order valence-corrected chi connectivity index (χ2v) is 8.78. The number of hydrogen-bond acceptors (Lipinski definition) is 6. The van der Waals surface area contributed by atoms with Crippen LogP contribution in [0.5, 0.6) is 6.01 Å². The highest BCUT2D eigenvalue weighted by Crippen LogP contribution is 2.33. The fourth-order valence-corrected chi connectivity index (χ4v) is 4.46. The number of rotatable bonds is 7. The van der Waals surface area contributed by atoms with Crippen molar-refractivity contribution < 1.29 is 19.8 Å². The zero-order chi connectivity index (χ0) is 25.2. The second-order valence-electron chi connectivity index (χ2n) is 8.78. The van der Waals surface area contributed by atoms with Gasteiger partial charge in [0.2, 0.25) is 0 Å². The van der Waals surface area contributed by atoms with Crippen molar-refractivity contribution in [3.63, 3.8) is 0 Å². The number of aromatic nitrogens is 2. The molecule has 5 rings (SSSR count). The molecule has 3 N–H and O–H groups in total. The Bertz CT molecular complexity index is 1440. The molecule has 2 heterocycles. The summed E-state index contributed by atoms with van der Waals surface area (Å²) >= 11 is 0. The first-order chi connectivity index (χ1) is 17.5. The van der Waals surface area contributed by atoms with E-state index < -0.39 is 6.29 Å². The van der Waals surface area contributed by atoms with Crippen LogP contribution in [-0.2, 0) is 11.4 Å². The molecule has 7 heteroatoms. The van der Waals surface area contributed by atoms with Gasteiger partial charge in [0.25, 0.3) is 6.01 Å². The number of para-hydroxylation sites is 1. The number of aliphatic hydroxyl groups is 2. The standard InChI is InChI=1S/C29H29N3O4/c1-4-35-29-30-25-11-7-10-24(28(33)34)27(25)32(29)17-20-12-14-21(15-13-20)22-8-5-6-9-23(22)26-16-18(2)19(3)36-31-26/h5-16,18,28,31,33-34H,3-4,17H2,1-2H3. The van der Waals surface area contributed by atoms with Crippen molar-refractivity contribution in [2.24, 2.45) is 5.92 Å². The summed E-state index contributed by atoms with van der Waals surface area (Å²) in [6.07, 6.45) is 0.509. The van der Waals surface area contributed by atoms with E-state index in [1.54, 1.807) is 12.1 Å². The number of allylic oxidation sites excluding steroid dienone is 1. The lowest BCUT2D eigenvalue weighted by Crippen LogP contribution is -2.21. The van der Waals surface area contributed by atoms with Crippen LogP contribution in [0.25, 0.3) is 27.9 Å². The Kier molecular flexibility index (Phi) is 6.50. The lowest BCUT2D eigenvalue weighted by atomic mass is 9.95. The van der Waals surface area contributed by atoms with E-state index in [0.717, 1.165) is 28.0 Å². The van der Waals surface area contributed by atoms with Crippen molar-refractivity contribution in [3.05, 3.63) is 102 Å². The van der Waals surface area contributed by atoms with Gasteiger partial charge in [-0.3, -0.25) is 4.57 Å². The van der Waals surface area contributed by atoms with E-state index >= 15 is 0 Å². The minimum atomic E-state index is -1.61. The lowest BCUT2D eigenvalue weighted by molar-refractivity contribution is -0.0415. The summed E-state index contributed by atoms with van der Waals surface area (Å²) in [6, 6.07) is 22.2. The first-order valence-electron chi connectivity index (χ1n) is 12.0. The molecule has 1 aliphatic heterocycles. The third-order valence-electron chi connectivity index (χ3n) is 6.35. The minimum absolute atomic E-state index is 0.114. The monoisotopic (exact) mass is 483 g/mol. The average Bonchev–Trinajstić information content (AvgIpc) is 3.23. The van der Waals surface area contributed by atoms with Gasteiger partial charge in [-0.2, -0.15) is 4.98 Å². The number of hydrogen-bond donors (Lipinski definition) is 3. The fraction of sp³-hybridized carbons (Fsp3) is 0.207. The predicted molar refractivity (Wildman–Crippen MR) is 140 cm³/mol. The van der Waals surface area contributed by atoms with Gasteiger partial charge in [-0.15, -0.1) is 0 Å². The van der Waals surface area contributed by atoms with Crippen molar-refractivity contribution in [1.82, 2.24) is 15.0 Å². The van der Waals surface area contributed by atoms with E-state index in [9.17, 15) is 10.2 Å². The highest BCUT2D eigenvalue weighted by molar-refractivity contribution is 5.82. The molecule has 7 nitrogen and oxygen atoms in total. The molecule has 0 amide bonds. The Hall–Kier alpha value is -4.07. The molecule has 0 saturated heterocycles. The predicted octanol–water partition coefficient (Wildman–Crippen LogP) is 5.16. The molecule has 0 spiro atoms. The lowest BCUT2D eigenvalue weighted by Gasteiger charge is -2.24. The van der Waals surface area contributed by atoms with Crippen LogP contribution >= 0.6 is 0 Å². The topological polar surface area (TPSA) is 88.8 Å². The Balaban J connectivity index is 1.49. The molecule has 3 aromatic carbocycles. The Morgan fingerprint density at radius 3 is 2.50 bits per heavy atom. The van der Waals surface area contributed by atoms with Gasteiger partial charge in [0.15, 0.2) is 6.29 Å². The van der Waals surface area contributed by atoms with E-state index in [0.29, 0.717) is 41.5 Å². The van der Waals surface area contributed by atoms with Crippen LogP contribution in [0, 0.1) is 5.92 Å². The molecule has 0 fully saturated rings. The van der Waals surface area contributed by atoms with Gasteiger partial charge in [-0.25, -0.2) is 5.48 Å². The molecule has 184 valence electrons. The highest BCUT2D eigenvalue weighted by Gasteiger charge is 2.20. The van der Waals surface area contributed by atoms with E-state index in [1.807, 2.05) is 29.7 Å². The van der Waals surface area contributed by atoms with Crippen LogP contribution in [0.2, 0.25) is 0 Å². The SMILES string of the molecule is C=C1ONC(c2ccccc2-c2ccc(Cn3c(OCC)nc4cccc(C(O)O)c43)cc2)=CC1C.